The highest BCUT2D eigenvalue weighted by molar-refractivity contribution is 5.68. The van der Waals surface area contributed by atoms with Crippen LogP contribution in [0.3, 0.4) is 0 Å². The molecule has 0 unspecified atom stereocenters. The van der Waals surface area contributed by atoms with Gasteiger partial charge in [-0.25, -0.2) is 4.79 Å². The first-order valence-corrected chi connectivity index (χ1v) is 4.48. The normalized spacial score (nSPS) is 13.6. The van der Waals surface area contributed by atoms with Crippen molar-refractivity contribution in [3.63, 3.8) is 0 Å². The van der Waals surface area contributed by atoms with Crippen molar-refractivity contribution >= 4 is 6.09 Å². The molecule has 0 aliphatic carbocycles. The number of carbonyl (C=O) groups excluding carboxylic acids is 1. The van der Waals surface area contributed by atoms with Gasteiger partial charge < -0.3 is 15.2 Å². The molecule has 0 aromatic rings. The fraction of sp³-hybridized carbons (Fsp3) is 0.889. The molecule has 0 fully saturated rings. The Balaban J connectivity index is 3.86. The van der Waals surface area contributed by atoms with E-state index in [1.54, 1.807) is 0 Å². The summed E-state index contributed by atoms with van der Waals surface area (Å²) in [4.78, 5) is 11.1. The van der Waals surface area contributed by atoms with Crippen molar-refractivity contribution < 1.29 is 14.6 Å². The lowest BCUT2D eigenvalue weighted by Gasteiger charge is -2.22. The summed E-state index contributed by atoms with van der Waals surface area (Å²) in [5.41, 5.74) is -0.301. The SMILES string of the molecule is CC[C@@H](CO)OC(=O)NC(C)(C)C. The van der Waals surface area contributed by atoms with E-state index in [2.05, 4.69) is 5.32 Å². The van der Waals surface area contributed by atoms with Crippen molar-refractivity contribution in [2.45, 2.75) is 45.8 Å². The van der Waals surface area contributed by atoms with Crippen LogP contribution in [0.15, 0.2) is 0 Å². The summed E-state index contributed by atoms with van der Waals surface area (Å²) in [5.74, 6) is 0. The number of carbonyl (C=O) groups is 1. The lowest BCUT2D eigenvalue weighted by Crippen LogP contribution is -2.42. The first-order chi connectivity index (χ1) is 5.89. The third-order valence-electron chi connectivity index (χ3n) is 1.41. The van der Waals surface area contributed by atoms with Crippen LogP contribution in [0.2, 0.25) is 0 Å². The van der Waals surface area contributed by atoms with Crippen molar-refractivity contribution in [2.24, 2.45) is 0 Å². The highest BCUT2D eigenvalue weighted by atomic mass is 16.6. The van der Waals surface area contributed by atoms with Gasteiger partial charge in [0.1, 0.15) is 6.10 Å². The molecule has 0 heterocycles. The Morgan fingerprint density at radius 2 is 2.08 bits per heavy atom. The van der Waals surface area contributed by atoms with E-state index >= 15 is 0 Å². The number of hydrogen-bond donors (Lipinski definition) is 2. The number of hydrogen-bond acceptors (Lipinski definition) is 3. The number of rotatable bonds is 3. The fourth-order valence-corrected chi connectivity index (χ4v) is 0.737. The molecular weight excluding hydrogens is 170 g/mol. The minimum Gasteiger partial charge on any atom is -0.444 e. The van der Waals surface area contributed by atoms with Gasteiger partial charge in [-0.3, -0.25) is 0 Å². The van der Waals surface area contributed by atoms with Crippen molar-refractivity contribution in [3.05, 3.63) is 0 Å². The quantitative estimate of drug-likeness (QED) is 0.703. The second-order valence-electron chi connectivity index (χ2n) is 3.99. The van der Waals surface area contributed by atoms with Crippen LogP contribution >= 0.6 is 0 Å². The molecule has 4 nitrogen and oxygen atoms in total. The van der Waals surface area contributed by atoms with Crippen molar-refractivity contribution in [1.29, 1.82) is 0 Å². The second kappa shape index (κ2) is 5.07. The van der Waals surface area contributed by atoms with E-state index in [0.717, 1.165) is 0 Å². The minimum atomic E-state index is -0.478. The van der Waals surface area contributed by atoms with Gasteiger partial charge in [-0.2, -0.15) is 0 Å². The summed E-state index contributed by atoms with van der Waals surface area (Å²) < 4.78 is 4.92. The number of alkyl carbamates (subject to hydrolysis) is 1. The third kappa shape index (κ3) is 6.40. The molecule has 1 atom stereocenters. The van der Waals surface area contributed by atoms with Gasteiger partial charge in [0.05, 0.1) is 6.61 Å². The molecule has 0 aliphatic heterocycles. The summed E-state index contributed by atoms with van der Waals surface area (Å²) in [7, 11) is 0. The molecule has 0 saturated carbocycles. The molecule has 4 heteroatoms. The monoisotopic (exact) mass is 189 g/mol. The average Bonchev–Trinajstić information content (AvgIpc) is 1.96. The zero-order chi connectivity index (χ0) is 10.5. The maximum absolute atomic E-state index is 11.1. The van der Waals surface area contributed by atoms with Gasteiger partial charge in [-0.1, -0.05) is 6.92 Å². The third-order valence-corrected chi connectivity index (χ3v) is 1.41. The zero-order valence-corrected chi connectivity index (χ0v) is 8.76. The zero-order valence-electron chi connectivity index (χ0n) is 8.76. The summed E-state index contributed by atoms with van der Waals surface area (Å²) in [6.07, 6.45) is -0.260. The first-order valence-electron chi connectivity index (χ1n) is 4.48. The Kier molecular flexibility index (Phi) is 4.77. The summed E-state index contributed by atoms with van der Waals surface area (Å²) in [6, 6.07) is 0. The van der Waals surface area contributed by atoms with Crippen molar-refractivity contribution in [3.8, 4) is 0 Å². The number of aliphatic hydroxyl groups excluding tert-OH is 1. The summed E-state index contributed by atoms with van der Waals surface area (Å²) in [6.45, 7) is 7.33. The van der Waals surface area contributed by atoms with E-state index in [1.165, 1.54) is 0 Å². The van der Waals surface area contributed by atoms with Gasteiger partial charge in [-0.15, -0.1) is 0 Å². The Labute approximate surface area is 79.3 Å². The number of ether oxygens (including phenoxy) is 1. The largest absolute Gasteiger partial charge is 0.444 e. The molecule has 0 aromatic carbocycles. The molecular formula is C9H19NO3. The van der Waals surface area contributed by atoms with Crippen LogP contribution in [0, 0.1) is 0 Å². The fourth-order valence-electron chi connectivity index (χ4n) is 0.737. The molecule has 0 spiro atoms. The van der Waals surface area contributed by atoms with Gasteiger partial charge in [0.25, 0.3) is 0 Å². The van der Waals surface area contributed by atoms with Crippen LogP contribution in [-0.2, 0) is 4.74 Å². The maximum atomic E-state index is 11.1. The lowest BCUT2D eigenvalue weighted by molar-refractivity contribution is 0.0516. The summed E-state index contributed by atoms with van der Waals surface area (Å²) >= 11 is 0. The number of aliphatic hydroxyl groups is 1. The number of amides is 1. The highest BCUT2D eigenvalue weighted by Crippen LogP contribution is 2.02. The smallest absolute Gasteiger partial charge is 0.407 e. The topological polar surface area (TPSA) is 58.6 Å². The molecule has 0 bridgehead atoms. The Hall–Kier alpha value is -0.770. The van der Waals surface area contributed by atoms with Gasteiger partial charge in [-0.05, 0) is 27.2 Å². The van der Waals surface area contributed by atoms with Crippen LogP contribution in [0.25, 0.3) is 0 Å². The van der Waals surface area contributed by atoms with Gasteiger partial charge in [0.2, 0.25) is 0 Å². The van der Waals surface area contributed by atoms with Gasteiger partial charge in [0, 0.05) is 5.54 Å². The molecule has 0 saturated heterocycles. The molecule has 1 amide bonds. The van der Waals surface area contributed by atoms with E-state index in [1.807, 2.05) is 27.7 Å². The average molecular weight is 189 g/mol. The number of nitrogens with one attached hydrogen (secondary N) is 1. The molecule has 2 N–H and O–H groups in total. The molecule has 0 aliphatic rings. The molecule has 0 rings (SSSR count). The standard InChI is InChI=1S/C9H19NO3/c1-5-7(6-11)13-8(12)10-9(2,3)4/h7,11H,5-6H2,1-4H3,(H,10,12)/t7-/m0/s1. The highest BCUT2D eigenvalue weighted by Gasteiger charge is 2.17. The first kappa shape index (κ1) is 12.2. The van der Waals surface area contributed by atoms with Gasteiger partial charge >= 0.3 is 6.09 Å². The van der Waals surface area contributed by atoms with E-state index < -0.39 is 12.2 Å². The van der Waals surface area contributed by atoms with E-state index in [9.17, 15) is 4.79 Å². The van der Waals surface area contributed by atoms with Crippen molar-refractivity contribution in [2.75, 3.05) is 6.61 Å². The summed E-state index contributed by atoms with van der Waals surface area (Å²) in [5, 5.41) is 11.4. The predicted octanol–water partition coefficient (Wildman–Crippen LogP) is 1.28. The molecule has 0 radical (unpaired) electrons. The van der Waals surface area contributed by atoms with Crippen LogP contribution in [-0.4, -0.2) is 29.4 Å². The minimum absolute atomic E-state index is 0.131. The van der Waals surface area contributed by atoms with Crippen LogP contribution in [0.4, 0.5) is 4.79 Å². The Morgan fingerprint density at radius 1 is 1.54 bits per heavy atom. The van der Waals surface area contributed by atoms with E-state index in [-0.39, 0.29) is 12.1 Å². The lowest BCUT2D eigenvalue weighted by atomic mass is 10.1. The van der Waals surface area contributed by atoms with Crippen LogP contribution in [0.1, 0.15) is 34.1 Å². The van der Waals surface area contributed by atoms with Crippen LogP contribution in [0.5, 0.6) is 0 Å². The Bertz CT molecular complexity index is 159. The van der Waals surface area contributed by atoms with E-state index in [0.29, 0.717) is 6.42 Å². The molecule has 0 aromatic heterocycles. The van der Waals surface area contributed by atoms with E-state index in [4.69, 9.17) is 9.84 Å². The maximum Gasteiger partial charge on any atom is 0.407 e. The van der Waals surface area contributed by atoms with Crippen molar-refractivity contribution in [1.82, 2.24) is 5.32 Å². The second-order valence-corrected chi connectivity index (χ2v) is 3.99. The molecule has 13 heavy (non-hydrogen) atoms. The van der Waals surface area contributed by atoms with Crippen LogP contribution < -0.4 is 5.32 Å². The Morgan fingerprint density at radius 3 is 2.38 bits per heavy atom. The molecule has 78 valence electrons. The van der Waals surface area contributed by atoms with Gasteiger partial charge in [0.15, 0.2) is 0 Å². The predicted molar refractivity (Wildman–Crippen MR) is 50.5 cm³/mol.